The van der Waals surface area contributed by atoms with Crippen LogP contribution in [0.2, 0.25) is 0 Å². The van der Waals surface area contributed by atoms with E-state index in [2.05, 4.69) is 148 Å². The lowest BCUT2D eigenvalue weighted by Crippen LogP contribution is -2.13. The van der Waals surface area contributed by atoms with Crippen molar-refractivity contribution in [2.45, 2.75) is 52.4 Å². The van der Waals surface area contributed by atoms with Crippen molar-refractivity contribution in [3.8, 4) is 22.5 Å². The highest BCUT2D eigenvalue weighted by molar-refractivity contribution is 6.09. The molecule has 0 radical (unpaired) electrons. The van der Waals surface area contributed by atoms with Gasteiger partial charge in [0.1, 0.15) is 11.3 Å². The van der Waals surface area contributed by atoms with Gasteiger partial charge < -0.3 is 0 Å². The molecule has 4 aromatic heterocycles. The van der Waals surface area contributed by atoms with Crippen LogP contribution in [0.3, 0.4) is 0 Å². The molecule has 0 aliphatic rings. The molecule has 0 fully saturated rings. The SMILES string of the molecule is CC(C)(C)c1cc(-c2cc(-n3c4ccccc4c4cccnc43)cc(C(C)(C)C)c2)cc(-n2c3ccccc3c3cccnc32)c1. The third kappa shape index (κ3) is 4.51. The van der Waals surface area contributed by atoms with Crippen LogP contribution in [0.4, 0.5) is 0 Å². The molecule has 0 spiro atoms. The molecule has 4 nitrogen and oxygen atoms in total. The lowest BCUT2D eigenvalue weighted by molar-refractivity contribution is 0.589. The Morgan fingerprint density at radius 2 is 0.826 bits per heavy atom. The van der Waals surface area contributed by atoms with Crippen LogP contribution in [0.5, 0.6) is 0 Å². The summed E-state index contributed by atoms with van der Waals surface area (Å²) in [5, 5.41) is 4.75. The summed E-state index contributed by atoms with van der Waals surface area (Å²) in [5.74, 6) is 0. The summed E-state index contributed by atoms with van der Waals surface area (Å²) in [6, 6.07) is 39.8. The Labute approximate surface area is 270 Å². The smallest absolute Gasteiger partial charge is 0.145 e. The molecule has 0 bridgehead atoms. The summed E-state index contributed by atoms with van der Waals surface area (Å²) in [5.41, 5.74) is 11.3. The van der Waals surface area contributed by atoms with Crippen LogP contribution in [0, 0.1) is 0 Å². The van der Waals surface area contributed by atoms with Gasteiger partial charge in [0.25, 0.3) is 0 Å². The van der Waals surface area contributed by atoms with Gasteiger partial charge in [-0.3, -0.25) is 9.13 Å². The molecule has 0 aliphatic carbocycles. The Balaban J connectivity index is 1.43. The molecule has 4 aromatic carbocycles. The number of rotatable bonds is 3. The van der Waals surface area contributed by atoms with Gasteiger partial charge in [-0.2, -0.15) is 0 Å². The largest absolute Gasteiger partial charge is 0.294 e. The first kappa shape index (κ1) is 28.3. The predicted molar refractivity (Wildman–Crippen MR) is 194 cm³/mol. The monoisotopic (exact) mass is 598 g/mol. The highest BCUT2D eigenvalue weighted by Crippen LogP contribution is 2.39. The Morgan fingerprint density at radius 3 is 1.24 bits per heavy atom. The van der Waals surface area contributed by atoms with Crippen LogP contribution >= 0.6 is 0 Å². The van der Waals surface area contributed by atoms with Gasteiger partial charge in [0.2, 0.25) is 0 Å². The van der Waals surface area contributed by atoms with Crippen LogP contribution in [-0.4, -0.2) is 19.1 Å². The molecule has 8 aromatic rings. The number of para-hydroxylation sites is 2. The van der Waals surface area contributed by atoms with Gasteiger partial charge in [-0.1, -0.05) is 90.1 Å². The van der Waals surface area contributed by atoms with Crippen molar-refractivity contribution in [1.82, 2.24) is 19.1 Å². The average molecular weight is 599 g/mol. The van der Waals surface area contributed by atoms with Crippen molar-refractivity contribution >= 4 is 43.9 Å². The summed E-state index contributed by atoms with van der Waals surface area (Å²) in [7, 11) is 0. The Bertz CT molecular complexity index is 2160. The molecule has 0 aliphatic heterocycles. The Morgan fingerprint density at radius 1 is 0.435 bits per heavy atom. The molecule has 4 heterocycles. The molecule has 0 atom stereocenters. The van der Waals surface area contributed by atoms with Gasteiger partial charge in [0, 0.05) is 45.3 Å². The van der Waals surface area contributed by atoms with Crippen molar-refractivity contribution in [2.75, 3.05) is 0 Å². The molecule has 0 saturated carbocycles. The highest BCUT2D eigenvalue weighted by Gasteiger charge is 2.22. The summed E-state index contributed by atoms with van der Waals surface area (Å²) in [6.07, 6.45) is 3.79. The second-order valence-electron chi connectivity index (χ2n) is 14.5. The van der Waals surface area contributed by atoms with Crippen molar-refractivity contribution in [2.24, 2.45) is 0 Å². The van der Waals surface area contributed by atoms with Crippen LogP contribution in [0.25, 0.3) is 66.4 Å². The lowest BCUT2D eigenvalue weighted by Gasteiger charge is -2.24. The number of aromatic nitrogens is 4. The quantitative estimate of drug-likeness (QED) is 0.203. The van der Waals surface area contributed by atoms with Crippen LogP contribution in [0.15, 0.2) is 122 Å². The molecular weight excluding hydrogens is 560 g/mol. The third-order valence-electron chi connectivity index (χ3n) is 9.28. The minimum Gasteiger partial charge on any atom is -0.294 e. The first-order valence-electron chi connectivity index (χ1n) is 16.1. The van der Waals surface area contributed by atoms with E-state index in [4.69, 9.17) is 9.97 Å². The minimum atomic E-state index is -0.0574. The van der Waals surface area contributed by atoms with E-state index in [9.17, 15) is 0 Å². The number of benzene rings is 4. The van der Waals surface area contributed by atoms with Gasteiger partial charge in [-0.25, -0.2) is 9.97 Å². The number of fused-ring (bicyclic) bond motifs is 6. The zero-order valence-corrected chi connectivity index (χ0v) is 27.3. The van der Waals surface area contributed by atoms with E-state index in [1.165, 1.54) is 33.0 Å². The average Bonchev–Trinajstić information content (AvgIpc) is 3.57. The number of hydrogen-bond donors (Lipinski definition) is 0. The van der Waals surface area contributed by atoms with E-state index in [0.717, 1.165) is 44.5 Å². The number of hydrogen-bond acceptors (Lipinski definition) is 2. The maximum Gasteiger partial charge on any atom is 0.145 e. The normalized spacial score (nSPS) is 12.6. The minimum absolute atomic E-state index is 0.0574. The number of pyridine rings is 2. The molecule has 46 heavy (non-hydrogen) atoms. The molecule has 0 amide bonds. The van der Waals surface area contributed by atoms with Crippen LogP contribution < -0.4 is 0 Å². The van der Waals surface area contributed by atoms with Crippen LogP contribution in [-0.2, 0) is 10.8 Å². The lowest BCUT2D eigenvalue weighted by atomic mass is 9.82. The molecule has 226 valence electrons. The van der Waals surface area contributed by atoms with E-state index in [0.29, 0.717) is 0 Å². The maximum atomic E-state index is 4.89. The van der Waals surface area contributed by atoms with Crippen molar-refractivity contribution in [1.29, 1.82) is 0 Å². The van der Waals surface area contributed by atoms with E-state index in [1.807, 2.05) is 24.5 Å². The Hall–Kier alpha value is -5.22. The van der Waals surface area contributed by atoms with Gasteiger partial charge >= 0.3 is 0 Å². The van der Waals surface area contributed by atoms with E-state index in [-0.39, 0.29) is 10.8 Å². The summed E-state index contributed by atoms with van der Waals surface area (Å²) in [6.45, 7) is 13.8. The van der Waals surface area contributed by atoms with E-state index >= 15 is 0 Å². The fourth-order valence-electron chi connectivity index (χ4n) is 6.79. The second-order valence-corrected chi connectivity index (χ2v) is 14.5. The standard InChI is InChI=1S/C42H38N4/c1-41(2,3)29-21-27(23-31(25-29)45-37-17-9-7-13-33(37)35-15-11-19-43-39(35)45)28-22-30(42(4,5)6)26-32(24-28)46-38-18-10-8-14-34(38)36-16-12-20-44-40(36)46/h7-26H,1-6H3. The molecule has 4 heteroatoms. The topological polar surface area (TPSA) is 35.6 Å². The van der Waals surface area contributed by atoms with E-state index < -0.39 is 0 Å². The molecule has 8 rings (SSSR count). The zero-order valence-electron chi connectivity index (χ0n) is 27.3. The fraction of sp³-hybridized carbons (Fsp3) is 0.190. The highest BCUT2D eigenvalue weighted by atomic mass is 15.1. The van der Waals surface area contributed by atoms with Crippen molar-refractivity contribution in [3.05, 3.63) is 133 Å². The zero-order chi connectivity index (χ0) is 31.8. The van der Waals surface area contributed by atoms with E-state index in [1.54, 1.807) is 0 Å². The summed E-state index contributed by atoms with van der Waals surface area (Å²) in [4.78, 5) is 9.79. The van der Waals surface area contributed by atoms with Crippen molar-refractivity contribution < 1.29 is 0 Å². The first-order chi connectivity index (χ1) is 22.1. The summed E-state index contributed by atoms with van der Waals surface area (Å²) >= 11 is 0. The summed E-state index contributed by atoms with van der Waals surface area (Å²) < 4.78 is 4.66. The maximum absolute atomic E-state index is 4.89. The van der Waals surface area contributed by atoms with Crippen molar-refractivity contribution in [3.63, 3.8) is 0 Å². The van der Waals surface area contributed by atoms with Crippen LogP contribution in [0.1, 0.15) is 52.7 Å². The van der Waals surface area contributed by atoms with Gasteiger partial charge in [0.05, 0.1) is 11.0 Å². The van der Waals surface area contributed by atoms with Gasteiger partial charge in [0.15, 0.2) is 0 Å². The molecule has 0 saturated heterocycles. The van der Waals surface area contributed by atoms with Gasteiger partial charge in [-0.05, 0) is 93.7 Å². The number of nitrogens with zero attached hydrogens (tertiary/aromatic N) is 4. The second kappa shape index (κ2) is 10.1. The molecular formula is C42H38N4. The molecule has 0 unspecified atom stereocenters. The van der Waals surface area contributed by atoms with Gasteiger partial charge in [-0.15, -0.1) is 0 Å². The first-order valence-corrected chi connectivity index (χ1v) is 16.1. The molecule has 0 N–H and O–H groups in total. The fourth-order valence-corrected chi connectivity index (χ4v) is 6.79. The third-order valence-corrected chi connectivity index (χ3v) is 9.28. The predicted octanol–water partition coefficient (Wildman–Crippen LogP) is 10.9. The Kier molecular flexibility index (Phi) is 6.24.